The van der Waals surface area contributed by atoms with Crippen LogP contribution in [-0.2, 0) is 9.59 Å². The number of amides is 2. The molecule has 2 aliphatic rings. The van der Waals surface area contributed by atoms with Crippen LogP contribution in [0.5, 0.6) is 0 Å². The number of anilines is 1. The number of benzene rings is 1. The van der Waals surface area contributed by atoms with E-state index >= 15 is 0 Å². The number of hydrogen-bond donors (Lipinski definition) is 0. The van der Waals surface area contributed by atoms with Gasteiger partial charge in [-0.2, -0.15) is 0 Å². The second kappa shape index (κ2) is 4.30. The second-order valence-electron chi connectivity index (χ2n) is 5.34. The van der Waals surface area contributed by atoms with Gasteiger partial charge in [0.15, 0.2) is 0 Å². The maximum atomic E-state index is 12.6. The van der Waals surface area contributed by atoms with Gasteiger partial charge in [-0.25, -0.2) is 4.90 Å². The molecule has 0 spiro atoms. The molecule has 1 saturated heterocycles. The van der Waals surface area contributed by atoms with Gasteiger partial charge in [0.25, 0.3) is 0 Å². The largest absolute Gasteiger partial charge is 0.274 e. The van der Waals surface area contributed by atoms with Crippen molar-refractivity contribution in [2.24, 2.45) is 11.3 Å². The van der Waals surface area contributed by atoms with Crippen molar-refractivity contribution < 1.29 is 9.59 Å². The van der Waals surface area contributed by atoms with Crippen LogP contribution in [0.2, 0.25) is 0 Å². The van der Waals surface area contributed by atoms with Crippen molar-refractivity contribution in [1.82, 2.24) is 0 Å². The molecular formula is C15H14BrNO2. The smallest absolute Gasteiger partial charge is 0.240 e. The minimum Gasteiger partial charge on any atom is -0.274 e. The third kappa shape index (κ3) is 1.77. The zero-order valence-corrected chi connectivity index (χ0v) is 12.2. The Morgan fingerprint density at radius 2 is 1.89 bits per heavy atom. The van der Waals surface area contributed by atoms with Gasteiger partial charge in [0, 0.05) is 4.47 Å². The molecule has 0 unspecified atom stereocenters. The molecule has 1 aromatic carbocycles. The molecule has 0 bridgehead atoms. The minimum atomic E-state index is -0.571. The fourth-order valence-electron chi connectivity index (χ4n) is 2.92. The molecule has 0 saturated carbocycles. The van der Waals surface area contributed by atoms with Crippen molar-refractivity contribution in [3.63, 3.8) is 0 Å². The van der Waals surface area contributed by atoms with Crippen LogP contribution in [0.15, 0.2) is 40.9 Å². The third-order valence-electron chi connectivity index (χ3n) is 4.14. The lowest BCUT2D eigenvalue weighted by Crippen LogP contribution is -2.34. The van der Waals surface area contributed by atoms with Gasteiger partial charge in [-0.3, -0.25) is 9.59 Å². The summed E-state index contributed by atoms with van der Waals surface area (Å²) < 4.78 is 0.931. The highest BCUT2D eigenvalue weighted by Gasteiger charge is 2.56. The molecule has 0 radical (unpaired) electrons. The Labute approximate surface area is 120 Å². The number of rotatable bonds is 1. The number of hydrogen-bond acceptors (Lipinski definition) is 2. The van der Waals surface area contributed by atoms with E-state index in [1.807, 2.05) is 31.2 Å². The molecule has 4 heteroatoms. The monoisotopic (exact) mass is 319 g/mol. The van der Waals surface area contributed by atoms with E-state index in [4.69, 9.17) is 0 Å². The molecule has 3 rings (SSSR count). The third-order valence-corrected chi connectivity index (χ3v) is 4.67. The van der Waals surface area contributed by atoms with Gasteiger partial charge in [0.2, 0.25) is 11.8 Å². The van der Waals surface area contributed by atoms with E-state index < -0.39 is 5.41 Å². The Kier molecular flexibility index (Phi) is 2.86. The Morgan fingerprint density at radius 1 is 1.21 bits per heavy atom. The minimum absolute atomic E-state index is 0.0702. The van der Waals surface area contributed by atoms with Crippen LogP contribution >= 0.6 is 15.9 Å². The van der Waals surface area contributed by atoms with Crippen LogP contribution in [0, 0.1) is 11.3 Å². The van der Waals surface area contributed by atoms with Crippen molar-refractivity contribution in [3.8, 4) is 0 Å². The Bertz CT molecular complexity index is 578. The number of fused-ring (bicyclic) bond motifs is 1. The van der Waals surface area contributed by atoms with E-state index in [0.29, 0.717) is 18.5 Å². The predicted octanol–water partition coefficient (Wildman–Crippen LogP) is 3.29. The molecule has 1 heterocycles. The summed E-state index contributed by atoms with van der Waals surface area (Å²) in [7, 11) is 0. The summed E-state index contributed by atoms with van der Waals surface area (Å²) >= 11 is 3.36. The number of allylic oxidation sites excluding steroid dienone is 2. The molecule has 2 amide bonds. The highest BCUT2D eigenvalue weighted by atomic mass is 79.9. The predicted molar refractivity (Wildman–Crippen MR) is 76.6 cm³/mol. The molecule has 1 aliphatic heterocycles. The molecule has 0 N–H and O–H groups in total. The van der Waals surface area contributed by atoms with Gasteiger partial charge in [-0.1, -0.05) is 28.1 Å². The fourth-order valence-corrected chi connectivity index (χ4v) is 3.18. The Hall–Kier alpha value is -1.42. The van der Waals surface area contributed by atoms with Crippen LogP contribution in [0.25, 0.3) is 0 Å². The van der Waals surface area contributed by atoms with Crippen molar-refractivity contribution in [3.05, 3.63) is 40.9 Å². The van der Waals surface area contributed by atoms with E-state index in [-0.39, 0.29) is 17.7 Å². The zero-order chi connectivity index (χ0) is 13.6. The maximum Gasteiger partial charge on any atom is 0.240 e. The van der Waals surface area contributed by atoms with Crippen molar-refractivity contribution >= 4 is 33.4 Å². The van der Waals surface area contributed by atoms with Gasteiger partial charge in [0.05, 0.1) is 17.0 Å². The molecule has 3 nitrogen and oxygen atoms in total. The van der Waals surface area contributed by atoms with Crippen molar-refractivity contribution in [1.29, 1.82) is 0 Å². The van der Waals surface area contributed by atoms with E-state index in [9.17, 15) is 9.59 Å². The number of carbonyl (C=O) groups is 2. The lowest BCUT2D eigenvalue weighted by molar-refractivity contribution is -0.126. The molecule has 19 heavy (non-hydrogen) atoms. The molecule has 0 aromatic heterocycles. The highest BCUT2D eigenvalue weighted by molar-refractivity contribution is 9.10. The first-order chi connectivity index (χ1) is 9.04. The fraction of sp³-hybridized carbons (Fsp3) is 0.333. The number of nitrogens with zero attached hydrogens (tertiary/aromatic N) is 1. The van der Waals surface area contributed by atoms with Crippen LogP contribution < -0.4 is 4.90 Å². The van der Waals surface area contributed by atoms with E-state index in [2.05, 4.69) is 15.9 Å². The van der Waals surface area contributed by atoms with Gasteiger partial charge in [-0.15, -0.1) is 0 Å². The molecule has 2 atom stereocenters. The van der Waals surface area contributed by atoms with Crippen LogP contribution in [0.1, 0.15) is 19.8 Å². The number of imide groups is 1. The summed E-state index contributed by atoms with van der Waals surface area (Å²) in [6.45, 7) is 1.90. The van der Waals surface area contributed by atoms with Gasteiger partial charge < -0.3 is 0 Å². The topological polar surface area (TPSA) is 37.4 Å². The van der Waals surface area contributed by atoms with Crippen molar-refractivity contribution in [2.45, 2.75) is 19.8 Å². The van der Waals surface area contributed by atoms with Gasteiger partial charge in [-0.05, 0) is 44.0 Å². The van der Waals surface area contributed by atoms with E-state index in [1.165, 1.54) is 4.90 Å². The van der Waals surface area contributed by atoms with Crippen LogP contribution in [0.4, 0.5) is 5.69 Å². The first kappa shape index (κ1) is 12.6. The standard InChI is InChI=1S/C15H14BrNO2/c1-15-9-3-2-4-12(15)13(18)17(14(15)19)11-7-5-10(16)6-8-11/h2-3,5-8,12H,4,9H2,1H3/t12-,15+/m1/s1. The summed E-state index contributed by atoms with van der Waals surface area (Å²) in [5.41, 5.74) is 0.0904. The normalized spacial score (nSPS) is 29.8. The Balaban J connectivity index is 2.03. The van der Waals surface area contributed by atoms with E-state index in [0.717, 1.165) is 4.47 Å². The summed E-state index contributed by atoms with van der Waals surface area (Å²) in [6, 6.07) is 7.29. The Morgan fingerprint density at radius 3 is 2.53 bits per heavy atom. The number of carbonyl (C=O) groups excluding carboxylic acids is 2. The molecule has 98 valence electrons. The average molecular weight is 320 g/mol. The van der Waals surface area contributed by atoms with Crippen LogP contribution in [-0.4, -0.2) is 11.8 Å². The SMILES string of the molecule is C[C@]12CC=CC[C@@H]1C(=O)N(c1ccc(Br)cc1)C2=O. The highest BCUT2D eigenvalue weighted by Crippen LogP contribution is 2.47. The molecule has 1 fully saturated rings. The summed E-state index contributed by atoms with van der Waals surface area (Å²) in [5.74, 6) is -0.359. The molecule has 1 aromatic rings. The van der Waals surface area contributed by atoms with Gasteiger partial charge >= 0.3 is 0 Å². The number of halogens is 1. The first-order valence-electron chi connectivity index (χ1n) is 6.33. The summed E-state index contributed by atoms with van der Waals surface area (Å²) in [5, 5.41) is 0. The molecule has 1 aliphatic carbocycles. The lowest BCUT2D eigenvalue weighted by atomic mass is 9.72. The maximum absolute atomic E-state index is 12.6. The first-order valence-corrected chi connectivity index (χ1v) is 7.12. The summed E-state index contributed by atoms with van der Waals surface area (Å²) in [6.07, 6.45) is 5.32. The zero-order valence-electron chi connectivity index (χ0n) is 10.6. The van der Waals surface area contributed by atoms with E-state index in [1.54, 1.807) is 12.1 Å². The van der Waals surface area contributed by atoms with Gasteiger partial charge in [0.1, 0.15) is 0 Å². The van der Waals surface area contributed by atoms with Crippen molar-refractivity contribution in [2.75, 3.05) is 4.90 Å². The lowest BCUT2D eigenvalue weighted by Gasteiger charge is -2.27. The average Bonchev–Trinajstić information content (AvgIpc) is 2.60. The summed E-state index contributed by atoms with van der Waals surface area (Å²) in [4.78, 5) is 26.5. The van der Waals surface area contributed by atoms with Crippen LogP contribution in [0.3, 0.4) is 0 Å². The molecular weight excluding hydrogens is 306 g/mol. The second-order valence-corrected chi connectivity index (χ2v) is 6.25. The quantitative estimate of drug-likeness (QED) is 0.588.